The average molecular weight is 891 g/mol. The zero-order valence-corrected chi connectivity index (χ0v) is 38.6. The number of aromatic nitrogens is 1. The highest BCUT2D eigenvalue weighted by Gasteiger charge is 2.26. The van der Waals surface area contributed by atoms with Crippen LogP contribution >= 0.6 is 11.3 Å². The van der Waals surface area contributed by atoms with Crippen molar-refractivity contribution in [3.8, 4) is 50.2 Å². The lowest BCUT2D eigenvalue weighted by Crippen LogP contribution is -2.33. The lowest BCUT2D eigenvalue weighted by Gasteiger charge is -2.26. The summed E-state index contributed by atoms with van der Waals surface area (Å²) in [7, 11) is 0. The van der Waals surface area contributed by atoms with Crippen LogP contribution < -0.4 is 5.32 Å². The van der Waals surface area contributed by atoms with E-state index in [4.69, 9.17) is 9.98 Å². The molecule has 9 aromatic carbocycles. The van der Waals surface area contributed by atoms with Crippen molar-refractivity contribution in [2.75, 3.05) is 0 Å². The van der Waals surface area contributed by atoms with Crippen LogP contribution in [0.1, 0.15) is 31.1 Å². The molecule has 68 heavy (non-hydrogen) atoms. The summed E-state index contributed by atoms with van der Waals surface area (Å²) in [6.07, 6.45) is 5.88. The van der Waals surface area contributed by atoms with Crippen LogP contribution in [-0.4, -0.2) is 16.2 Å². The maximum Gasteiger partial charge on any atom is 0.159 e. The second-order valence-electron chi connectivity index (χ2n) is 17.2. The number of hydrogen-bond acceptors (Lipinski definition) is 4. The van der Waals surface area contributed by atoms with E-state index in [-0.39, 0.29) is 6.17 Å². The minimum absolute atomic E-state index is 0.346. The predicted octanol–water partition coefficient (Wildman–Crippen LogP) is 16.8. The lowest BCUT2D eigenvalue weighted by atomic mass is 9.90. The van der Waals surface area contributed by atoms with Gasteiger partial charge in [0.05, 0.1) is 16.7 Å². The summed E-state index contributed by atoms with van der Waals surface area (Å²) in [6, 6.07) is 77.0. The monoisotopic (exact) mass is 890 g/mol. The summed E-state index contributed by atoms with van der Waals surface area (Å²) >= 11 is 1.86. The fraction of sp³-hybridized carbons (Fsp3) is 0.0476. The van der Waals surface area contributed by atoms with Gasteiger partial charge in [-0.2, -0.15) is 0 Å². The molecule has 3 heterocycles. The minimum atomic E-state index is -0.346. The van der Waals surface area contributed by atoms with Crippen LogP contribution in [0.25, 0.3) is 92.2 Å². The van der Waals surface area contributed by atoms with Gasteiger partial charge in [-0.05, 0) is 89.2 Å². The van der Waals surface area contributed by atoms with E-state index in [2.05, 4.69) is 228 Å². The van der Waals surface area contributed by atoms with E-state index in [1.54, 1.807) is 0 Å². The van der Waals surface area contributed by atoms with Gasteiger partial charge in [-0.3, -0.25) is 0 Å². The first-order chi connectivity index (χ1) is 33.6. The van der Waals surface area contributed by atoms with Crippen molar-refractivity contribution in [3.05, 3.63) is 247 Å². The van der Waals surface area contributed by atoms with Gasteiger partial charge in [-0.25, -0.2) is 9.98 Å². The van der Waals surface area contributed by atoms with Crippen LogP contribution in [0.4, 0.5) is 0 Å². The molecule has 0 saturated heterocycles. The summed E-state index contributed by atoms with van der Waals surface area (Å²) < 4.78 is 5.09. The third-order valence-electron chi connectivity index (χ3n) is 13.2. The zero-order chi connectivity index (χ0) is 45.6. The molecule has 1 unspecified atom stereocenters. The van der Waals surface area contributed by atoms with E-state index < -0.39 is 0 Å². The van der Waals surface area contributed by atoms with Gasteiger partial charge in [0.15, 0.2) is 5.84 Å². The topological polar surface area (TPSA) is 41.7 Å². The molecule has 0 radical (unpaired) electrons. The van der Waals surface area contributed by atoms with Gasteiger partial charge in [0.2, 0.25) is 0 Å². The van der Waals surface area contributed by atoms with Gasteiger partial charge >= 0.3 is 0 Å². The molecule has 1 aliphatic heterocycles. The number of hydrogen-bond donors (Lipinski definition) is 1. The quantitative estimate of drug-likeness (QED) is 0.144. The van der Waals surface area contributed by atoms with E-state index in [0.29, 0.717) is 5.84 Å². The summed E-state index contributed by atoms with van der Waals surface area (Å²) in [5.41, 5.74) is 15.5. The van der Waals surface area contributed by atoms with Crippen molar-refractivity contribution in [2.45, 2.75) is 20.0 Å². The average Bonchev–Trinajstić information content (AvgIpc) is 3.94. The first-order valence-corrected chi connectivity index (χ1v) is 24.1. The largest absolute Gasteiger partial charge is 0.344 e. The Morgan fingerprint density at radius 3 is 1.65 bits per heavy atom. The van der Waals surface area contributed by atoms with Crippen molar-refractivity contribution >= 4 is 65.0 Å². The van der Waals surface area contributed by atoms with E-state index in [1.807, 2.05) is 37.3 Å². The van der Waals surface area contributed by atoms with E-state index in [0.717, 1.165) is 61.5 Å². The second-order valence-corrected chi connectivity index (χ2v) is 18.3. The fourth-order valence-corrected chi connectivity index (χ4v) is 11.0. The normalized spacial score (nSPS) is 14.2. The predicted molar refractivity (Wildman–Crippen MR) is 290 cm³/mol. The van der Waals surface area contributed by atoms with Gasteiger partial charge in [-0.1, -0.05) is 194 Å². The fourth-order valence-electron chi connectivity index (χ4n) is 9.84. The molecule has 0 aliphatic carbocycles. The van der Waals surface area contributed by atoms with E-state index in [1.165, 1.54) is 53.2 Å². The van der Waals surface area contributed by atoms with Gasteiger partial charge < -0.3 is 9.88 Å². The highest BCUT2D eigenvalue weighted by atomic mass is 32.1. The molecule has 5 heteroatoms. The molecule has 12 rings (SSSR count). The number of allylic oxidation sites excluding steroid dienone is 2. The maximum atomic E-state index is 5.37. The molecule has 1 aliphatic rings. The minimum Gasteiger partial charge on any atom is -0.344 e. The molecular formula is C63H46N4S. The molecule has 4 nitrogen and oxygen atoms in total. The number of nitrogens with one attached hydrogen (secondary N) is 1. The summed E-state index contributed by atoms with van der Waals surface area (Å²) in [4.78, 5) is 10.6. The Balaban J connectivity index is 1.17. The molecule has 2 aromatic heterocycles. The summed E-state index contributed by atoms with van der Waals surface area (Å²) in [5.74, 6) is 1.45. The van der Waals surface area contributed by atoms with Crippen molar-refractivity contribution in [1.29, 1.82) is 0 Å². The molecule has 0 bridgehead atoms. The van der Waals surface area contributed by atoms with Crippen molar-refractivity contribution in [2.24, 2.45) is 9.98 Å². The van der Waals surface area contributed by atoms with Gasteiger partial charge in [0.25, 0.3) is 0 Å². The number of aliphatic imine (C=N–C) groups is 2. The SMILES string of the molecule is C/C=C\C(=C/C)C1=NC(c2ccccc2)NC(c2cc(-c3ccc(-c4ccccc4)cc3)c(-n3c4ccccc4c4cc5c(cc43)sc3ccccc35)c(-c3ccc(-c4ccccc4)cc3)c2)=N1. The van der Waals surface area contributed by atoms with Crippen LogP contribution in [0, 0.1) is 0 Å². The van der Waals surface area contributed by atoms with Crippen LogP contribution in [0.15, 0.2) is 246 Å². The van der Waals surface area contributed by atoms with E-state index in [9.17, 15) is 0 Å². The Labute approximate surface area is 400 Å². The van der Waals surface area contributed by atoms with Crippen molar-refractivity contribution in [1.82, 2.24) is 9.88 Å². The Bertz CT molecular complexity index is 3700. The number of rotatable bonds is 9. The number of fused-ring (bicyclic) bond motifs is 6. The first-order valence-electron chi connectivity index (χ1n) is 23.2. The number of para-hydroxylation sites is 1. The number of thiophene rings is 1. The highest BCUT2D eigenvalue weighted by molar-refractivity contribution is 7.25. The standard InChI is InChI=1S/C63H46N4S/c1-3-18-41(4-2)61-64-62(48-23-12-7-13-24-48)66-63(65-61)49-37-52(46-33-29-44(30-34-46)42-19-8-5-9-20-42)60(53(38-49)47-35-31-45(32-36-47)43-21-10-6-11-22-43)67-56-27-16-14-25-50(56)54-39-55-51-26-15-17-28-58(51)68-59(55)40-57(54)67/h3-40,62H,1-2H3,(H,64,65,66)/b18-3-,41-4+. The molecular weight excluding hydrogens is 845 g/mol. The summed E-state index contributed by atoms with van der Waals surface area (Å²) in [5, 5.41) is 8.83. The van der Waals surface area contributed by atoms with Crippen LogP contribution in [0.5, 0.6) is 0 Å². The Morgan fingerprint density at radius 2 is 1.03 bits per heavy atom. The maximum absolute atomic E-state index is 5.37. The molecule has 1 atom stereocenters. The first kappa shape index (κ1) is 41.1. The van der Waals surface area contributed by atoms with Crippen molar-refractivity contribution in [3.63, 3.8) is 0 Å². The van der Waals surface area contributed by atoms with Gasteiger partial charge in [-0.15, -0.1) is 11.3 Å². The smallest absolute Gasteiger partial charge is 0.159 e. The van der Waals surface area contributed by atoms with Crippen LogP contribution in [-0.2, 0) is 0 Å². The molecule has 11 aromatic rings. The molecule has 1 N–H and O–H groups in total. The lowest BCUT2D eigenvalue weighted by molar-refractivity contribution is 0.674. The Morgan fingerprint density at radius 1 is 0.485 bits per heavy atom. The van der Waals surface area contributed by atoms with Gasteiger partial charge in [0, 0.05) is 53.2 Å². The zero-order valence-electron chi connectivity index (χ0n) is 37.8. The third-order valence-corrected chi connectivity index (χ3v) is 14.3. The van der Waals surface area contributed by atoms with Crippen molar-refractivity contribution < 1.29 is 0 Å². The van der Waals surface area contributed by atoms with Crippen LogP contribution in [0.2, 0.25) is 0 Å². The highest BCUT2D eigenvalue weighted by Crippen LogP contribution is 2.46. The second kappa shape index (κ2) is 17.4. The Hall–Kier alpha value is -8.38. The summed E-state index contributed by atoms with van der Waals surface area (Å²) in [6.45, 7) is 4.09. The Kier molecular flexibility index (Phi) is 10.5. The molecule has 324 valence electrons. The van der Waals surface area contributed by atoms with E-state index >= 15 is 0 Å². The van der Waals surface area contributed by atoms with Crippen LogP contribution in [0.3, 0.4) is 0 Å². The van der Waals surface area contributed by atoms with Gasteiger partial charge in [0.1, 0.15) is 12.0 Å². The molecule has 0 amide bonds. The molecule has 0 saturated carbocycles. The number of nitrogens with zero attached hydrogens (tertiary/aromatic N) is 3. The molecule has 0 fully saturated rings. The number of benzene rings is 9. The number of amidine groups is 2. The third kappa shape index (κ3) is 7.34. The molecule has 0 spiro atoms.